The van der Waals surface area contributed by atoms with Gasteiger partial charge in [0.25, 0.3) is 0 Å². The number of urea groups is 1. The first-order valence-corrected chi connectivity index (χ1v) is 6.61. The summed E-state index contributed by atoms with van der Waals surface area (Å²) in [4.78, 5) is 24.4. The molecule has 1 atom stereocenters. The van der Waals surface area contributed by atoms with Gasteiger partial charge in [-0.05, 0) is 37.6 Å². The number of carboxylic acid groups (broad SMARTS) is 1. The molecule has 1 aliphatic rings. The number of benzene rings is 1. The maximum absolute atomic E-state index is 12.0. The van der Waals surface area contributed by atoms with E-state index in [0.717, 1.165) is 5.75 Å². The molecule has 2 rings (SSSR count). The van der Waals surface area contributed by atoms with Crippen molar-refractivity contribution in [1.29, 1.82) is 0 Å². The predicted molar refractivity (Wildman–Crippen MR) is 73.9 cm³/mol. The van der Waals surface area contributed by atoms with Gasteiger partial charge < -0.3 is 20.1 Å². The van der Waals surface area contributed by atoms with Gasteiger partial charge in [-0.25, -0.2) is 4.79 Å². The lowest BCUT2D eigenvalue weighted by Crippen LogP contribution is -2.33. The molecule has 1 aromatic carbocycles. The van der Waals surface area contributed by atoms with Gasteiger partial charge in [0.15, 0.2) is 0 Å². The van der Waals surface area contributed by atoms with Crippen LogP contribution in [0.25, 0.3) is 0 Å². The number of nitrogens with one attached hydrogen (secondary N) is 1. The maximum atomic E-state index is 12.0. The smallest absolute Gasteiger partial charge is 0.321 e. The van der Waals surface area contributed by atoms with Crippen LogP contribution in [-0.4, -0.2) is 41.7 Å². The highest BCUT2D eigenvalue weighted by Gasteiger charge is 2.30. The largest absolute Gasteiger partial charge is 0.494 e. The van der Waals surface area contributed by atoms with Gasteiger partial charge in [-0.3, -0.25) is 4.79 Å². The molecule has 2 amide bonds. The zero-order valence-corrected chi connectivity index (χ0v) is 11.3. The Hall–Kier alpha value is -2.24. The Labute approximate surface area is 117 Å². The Morgan fingerprint density at radius 1 is 1.40 bits per heavy atom. The van der Waals surface area contributed by atoms with E-state index in [2.05, 4.69) is 5.32 Å². The van der Waals surface area contributed by atoms with Crippen molar-refractivity contribution in [3.63, 3.8) is 0 Å². The van der Waals surface area contributed by atoms with Crippen molar-refractivity contribution >= 4 is 17.7 Å². The van der Waals surface area contributed by atoms with Gasteiger partial charge in [0.2, 0.25) is 0 Å². The molecule has 6 heteroatoms. The zero-order valence-electron chi connectivity index (χ0n) is 11.3. The highest BCUT2D eigenvalue weighted by molar-refractivity contribution is 5.90. The number of carboxylic acids is 1. The summed E-state index contributed by atoms with van der Waals surface area (Å²) in [5.74, 6) is -0.555. The molecule has 1 unspecified atom stereocenters. The number of anilines is 1. The second-order valence-electron chi connectivity index (χ2n) is 4.66. The van der Waals surface area contributed by atoms with Crippen LogP contribution >= 0.6 is 0 Å². The number of hydrogen-bond donors (Lipinski definition) is 2. The topological polar surface area (TPSA) is 78.9 Å². The van der Waals surface area contributed by atoms with Gasteiger partial charge in [-0.1, -0.05) is 0 Å². The minimum Gasteiger partial charge on any atom is -0.494 e. The van der Waals surface area contributed by atoms with E-state index in [9.17, 15) is 9.59 Å². The first kappa shape index (κ1) is 14.2. The highest BCUT2D eigenvalue weighted by atomic mass is 16.5. The van der Waals surface area contributed by atoms with Gasteiger partial charge in [0.05, 0.1) is 12.5 Å². The molecule has 1 aromatic rings. The molecule has 1 fully saturated rings. The molecule has 6 nitrogen and oxygen atoms in total. The van der Waals surface area contributed by atoms with E-state index in [1.54, 1.807) is 24.3 Å². The molecule has 2 N–H and O–H groups in total. The van der Waals surface area contributed by atoms with Crippen molar-refractivity contribution < 1.29 is 19.4 Å². The number of likely N-dealkylation sites (tertiary alicyclic amines) is 1. The van der Waals surface area contributed by atoms with Crippen LogP contribution in [0.4, 0.5) is 10.5 Å². The maximum Gasteiger partial charge on any atom is 0.321 e. The molecule has 0 saturated carbocycles. The summed E-state index contributed by atoms with van der Waals surface area (Å²) in [6.07, 6.45) is 0.506. The summed E-state index contributed by atoms with van der Waals surface area (Å²) in [6, 6.07) is 6.81. The molecule has 1 aliphatic heterocycles. The van der Waals surface area contributed by atoms with Crippen molar-refractivity contribution in [3.8, 4) is 5.75 Å². The number of amides is 2. The number of aliphatic carboxylic acids is 1. The number of hydrogen-bond acceptors (Lipinski definition) is 3. The summed E-state index contributed by atoms with van der Waals surface area (Å²) < 4.78 is 5.32. The second-order valence-corrected chi connectivity index (χ2v) is 4.66. The first-order chi connectivity index (χ1) is 9.60. The third kappa shape index (κ3) is 3.40. The number of carbonyl (C=O) groups excluding carboxylic acids is 1. The van der Waals surface area contributed by atoms with Gasteiger partial charge in [-0.15, -0.1) is 0 Å². The molecule has 0 radical (unpaired) electrons. The van der Waals surface area contributed by atoms with E-state index in [4.69, 9.17) is 9.84 Å². The van der Waals surface area contributed by atoms with Crippen molar-refractivity contribution in [1.82, 2.24) is 4.90 Å². The summed E-state index contributed by atoms with van der Waals surface area (Å²) in [5, 5.41) is 11.7. The summed E-state index contributed by atoms with van der Waals surface area (Å²) in [6.45, 7) is 3.23. The van der Waals surface area contributed by atoms with Crippen LogP contribution in [0.1, 0.15) is 13.3 Å². The van der Waals surface area contributed by atoms with Crippen LogP contribution in [0.2, 0.25) is 0 Å². The summed E-state index contributed by atoms with van der Waals surface area (Å²) in [5.41, 5.74) is 0.664. The molecule has 0 aliphatic carbocycles. The Morgan fingerprint density at radius 3 is 2.65 bits per heavy atom. The fourth-order valence-corrected chi connectivity index (χ4v) is 2.15. The lowest BCUT2D eigenvalue weighted by Gasteiger charge is -2.16. The Morgan fingerprint density at radius 2 is 2.10 bits per heavy atom. The second kappa shape index (κ2) is 6.27. The van der Waals surface area contributed by atoms with E-state index in [0.29, 0.717) is 25.3 Å². The lowest BCUT2D eigenvalue weighted by atomic mass is 10.1. The van der Waals surface area contributed by atoms with Crippen molar-refractivity contribution in [2.24, 2.45) is 5.92 Å². The van der Waals surface area contributed by atoms with Crippen molar-refractivity contribution in [2.75, 3.05) is 25.0 Å². The van der Waals surface area contributed by atoms with Crippen molar-refractivity contribution in [3.05, 3.63) is 24.3 Å². The van der Waals surface area contributed by atoms with Crippen LogP contribution in [0.15, 0.2) is 24.3 Å². The SMILES string of the molecule is CCOc1ccc(NC(=O)N2CCC(C(=O)O)C2)cc1. The molecule has 0 aromatic heterocycles. The van der Waals surface area contributed by atoms with E-state index in [-0.39, 0.29) is 12.6 Å². The lowest BCUT2D eigenvalue weighted by molar-refractivity contribution is -0.141. The fourth-order valence-electron chi connectivity index (χ4n) is 2.15. The first-order valence-electron chi connectivity index (χ1n) is 6.61. The third-order valence-corrected chi connectivity index (χ3v) is 3.24. The fraction of sp³-hybridized carbons (Fsp3) is 0.429. The van der Waals surface area contributed by atoms with E-state index in [1.165, 1.54) is 4.90 Å². The Balaban J connectivity index is 1.90. The number of ether oxygens (including phenoxy) is 1. The third-order valence-electron chi connectivity index (χ3n) is 3.24. The van der Waals surface area contributed by atoms with Gasteiger partial charge in [0.1, 0.15) is 5.75 Å². The zero-order chi connectivity index (χ0) is 14.5. The molecule has 1 heterocycles. The van der Waals surface area contributed by atoms with E-state index in [1.807, 2.05) is 6.92 Å². The molecule has 108 valence electrons. The minimum atomic E-state index is -0.846. The van der Waals surface area contributed by atoms with Crippen LogP contribution in [0.5, 0.6) is 5.75 Å². The normalized spacial score (nSPS) is 17.9. The molecule has 20 heavy (non-hydrogen) atoms. The average Bonchev–Trinajstić information content (AvgIpc) is 2.91. The summed E-state index contributed by atoms with van der Waals surface area (Å²) in [7, 11) is 0. The molecular formula is C14H18N2O4. The predicted octanol–water partition coefficient (Wildman–Crippen LogP) is 2.02. The van der Waals surface area contributed by atoms with Crippen LogP contribution < -0.4 is 10.1 Å². The van der Waals surface area contributed by atoms with Crippen LogP contribution in [-0.2, 0) is 4.79 Å². The van der Waals surface area contributed by atoms with E-state index >= 15 is 0 Å². The van der Waals surface area contributed by atoms with Crippen LogP contribution in [0, 0.1) is 5.92 Å². The number of carbonyl (C=O) groups is 2. The van der Waals surface area contributed by atoms with Crippen LogP contribution in [0.3, 0.4) is 0 Å². The van der Waals surface area contributed by atoms with Crippen molar-refractivity contribution in [2.45, 2.75) is 13.3 Å². The molecule has 1 saturated heterocycles. The molecular weight excluding hydrogens is 260 g/mol. The molecule has 0 spiro atoms. The monoisotopic (exact) mass is 278 g/mol. The Bertz CT molecular complexity index is 486. The minimum absolute atomic E-state index is 0.262. The standard InChI is InChI=1S/C14H18N2O4/c1-2-20-12-5-3-11(4-6-12)15-14(19)16-8-7-10(9-16)13(17)18/h3-6,10H,2,7-9H2,1H3,(H,15,19)(H,17,18). The number of rotatable bonds is 4. The van der Waals surface area contributed by atoms with Gasteiger partial charge in [-0.2, -0.15) is 0 Å². The van der Waals surface area contributed by atoms with Gasteiger partial charge in [0, 0.05) is 18.8 Å². The Kier molecular flexibility index (Phi) is 4.45. The summed E-state index contributed by atoms with van der Waals surface area (Å²) >= 11 is 0. The quantitative estimate of drug-likeness (QED) is 0.883. The average molecular weight is 278 g/mol. The van der Waals surface area contributed by atoms with Gasteiger partial charge >= 0.3 is 12.0 Å². The highest BCUT2D eigenvalue weighted by Crippen LogP contribution is 2.19. The van der Waals surface area contributed by atoms with E-state index < -0.39 is 11.9 Å². The number of nitrogens with zero attached hydrogens (tertiary/aromatic N) is 1. The molecule has 0 bridgehead atoms.